The van der Waals surface area contributed by atoms with E-state index in [4.69, 9.17) is 14.9 Å². The Balaban J connectivity index is 1.73. The van der Waals surface area contributed by atoms with Gasteiger partial charge in [0.2, 0.25) is 0 Å². The standard InChI is InChI=1S/C23H29N5O3S/c1-4-27(5-2)12-13-28-18-9-8-17(24-10-11-25-23(29)30)22-20(18)21(26-28)16-7-6-15(31-3)14-19(16)32-22/h6-9,14,24-25H,4-5,10-13H2,1-3H3,(H,29,30). The zero-order valence-corrected chi connectivity index (χ0v) is 19.5. The van der Waals surface area contributed by atoms with E-state index in [0.717, 1.165) is 69.6 Å². The van der Waals surface area contributed by atoms with Gasteiger partial charge in [0.25, 0.3) is 0 Å². The van der Waals surface area contributed by atoms with Crippen molar-refractivity contribution in [3.63, 3.8) is 0 Å². The fraction of sp³-hybridized carbons (Fsp3) is 0.391. The predicted molar refractivity (Wildman–Crippen MR) is 128 cm³/mol. The van der Waals surface area contributed by atoms with Crippen molar-refractivity contribution in [1.29, 1.82) is 0 Å². The summed E-state index contributed by atoms with van der Waals surface area (Å²) in [5.41, 5.74) is 4.19. The summed E-state index contributed by atoms with van der Waals surface area (Å²) in [4.78, 5) is 15.4. The molecule has 4 rings (SSSR count). The van der Waals surface area contributed by atoms with Gasteiger partial charge in [0.1, 0.15) is 11.4 Å². The molecule has 3 aromatic rings. The second kappa shape index (κ2) is 9.70. The Bertz CT molecular complexity index is 1130. The topological polar surface area (TPSA) is 91.7 Å². The quantitative estimate of drug-likeness (QED) is 0.309. The van der Waals surface area contributed by atoms with Gasteiger partial charge >= 0.3 is 6.09 Å². The highest BCUT2D eigenvalue weighted by Crippen LogP contribution is 2.51. The zero-order chi connectivity index (χ0) is 22.7. The second-order valence-electron chi connectivity index (χ2n) is 7.56. The highest BCUT2D eigenvalue weighted by Gasteiger charge is 2.26. The molecular weight excluding hydrogens is 426 g/mol. The van der Waals surface area contributed by atoms with Crippen molar-refractivity contribution in [2.45, 2.75) is 30.2 Å². The van der Waals surface area contributed by atoms with Gasteiger partial charge in [-0.05, 0) is 43.4 Å². The van der Waals surface area contributed by atoms with Gasteiger partial charge in [-0.15, -0.1) is 0 Å². The van der Waals surface area contributed by atoms with Gasteiger partial charge in [-0.2, -0.15) is 5.10 Å². The number of nitrogens with one attached hydrogen (secondary N) is 2. The third-order valence-electron chi connectivity index (χ3n) is 5.77. The van der Waals surface area contributed by atoms with Crippen molar-refractivity contribution in [3.05, 3.63) is 30.3 Å². The van der Waals surface area contributed by atoms with E-state index in [2.05, 4.69) is 52.3 Å². The monoisotopic (exact) mass is 455 g/mol. The van der Waals surface area contributed by atoms with Crippen molar-refractivity contribution in [2.24, 2.45) is 0 Å². The summed E-state index contributed by atoms with van der Waals surface area (Å²) in [5.74, 6) is 0.813. The molecule has 0 aliphatic carbocycles. The lowest BCUT2D eigenvalue weighted by atomic mass is 10.1. The van der Waals surface area contributed by atoms with Crippen molar-refractivity contribution in [3.8, 4) is 17.0 Å². The molecule has 0 saturated carbocycles. The van der Waals surface area contributed by atoms with Crippen molar-refractivity contribution in [1.82, 2.24) is 20.0 Å². The number of benzene rings is 2. The van der Waals surface area contributed by atoms with Gasteiger partial charge in [-0.3, -0.25) is 4.68 Å². The minimum absolute atomic E-state index is 0.331. The Hall–Kier alpha value is -2.91. The van der Waals surface area contributed by atoms with E-state index in [-0.39, 0.29) is 0 Å². The van der Waals surface area contributed by atoms with Gasteiger partial charge < -0.3 is 25.4 Å². The first kappa shape index (κ1) is 22.3. The molecule has 0 spiro atoms. The maximum Gasteiger partial charge on any atom is 0.404 e. The predicted octanol–water partition coefficient (Wildman–Crippen LogP) is 4.20. The van der Waals surface area contributed by atoms with Gasteiger partial charge in [-0.1, -0.05) is 25.6 Å². The summed E-state index contributed by atoms with van der Waals surface area (Å²) < 4.78 is 7.56. The summed E-state index contributed by atoms with van der Waals surface area (Å²) in [5, 5.41) is 20.8. The molecule has 0 saturated heterocycles. The van der Waals surface area contributed by atoms with E-state index in [0.29, 0.717) is 13.1 Å². The normalized spacial score (nSPS) is 12.1. The molecule has 1 amide bonds. The van der Waals surface area contributed by atoms with E-state index in [1.54, 1.807) is 18.9 Å². The first-order valence-electron chi connectivity index (χ1n) is 10.9. The van der Waals surface area contributed by atoms with Crippen LogP contribution in [0.25, 0.3) is 22.2 Å². The number of carboxylic acid groups (broad SMARTS) is 1. The van der Waals surface area contributed by atoms with Crippen LogP contribution in [0.2, 0.25) is 0 Å². The number of hydrogen-bond acceptors (Lipinski definition) is 6. The first-order valence-corrected chi connectivity index (χ1v) is 11.7. The Morgan fingerprint density at radius 3 is 2.75 bits per heavy atom. The maximum absolute atomic E-state index is 10.7. The summed E-state index contributed by atoms with van der Waals surface area (Å²) in [6.45, 7) is 9.00. The SMILES string of the molecule is CCN(CC)CCn1nc2c3c(c(NCCNC(=O)O)ccc31)Sc1cc(OC)ccc1-2. The summed E-state index contributed by atoms with van der Waals surface area (Å²) >= 11 is 1.70. The lowest BCUT2D eigenvalue weighted by Gasteiger charge is -2.20. The van der Waals surface area contributed by atoms with E-state index in [9.17, 15) is 4.79 Å². The van der Waals surface area contributed by atoms with Crippen LogP contribution < -0.4 is 15.4 Å². The molecule has 0 atom stereocenters. The Morgan fingerprint density at radius 1 is 1.22 bits per heavy atom. The van der Waals surface area contributed by atoms with E-state index in [1.165, 1.54) is 0 Å². The van der Waals surface area contributed by atoms with E-state index < -0.39 is 6.09 Å². The number of carbonyl (C=O) groups is 1. The average molecular weight is 456 g/mol. The lowest BCUT2D eigenvalue weighted by Crippen LogP contribution is -2.27. The van der Waals surface area contributed by atoms with Crippen LogP contribution in [0.15, 0.2) is 40.1 Å². The smallest absolute Gasteiger partial charge is 0.404 e. The highest BCUT2D eigenvalue weighted by molar-refractivity contribution is 8.00. The average Bonchev–Trinajstić information content (AvgIpc) is 3.17. The van der Waals surface area contributed by atoms with Crippen molar-refractivity contribution in [2.75, 3.05) is 45.2 Å². The molecule has 0 radical (unpaired) electrons. The molecule has 1 aliphatic rings. The van der Waals surface area contributed by atoms with Crippen LogP contribution in [0.3, 0.4) is 0 Å². The first-order chi connectivity index (χ1) is 15.5. The van der Waals surface area contributed by atoms with Crippen molar-refractivity contribution >= 4 is 34.4 Å². The number of likely N-dealkylation sites (N-methyl/N-ethyl adjacent to an activating group) is 1. The Labute approximate surface area is 191 Å². The summed E-state index contributed by atoms with van der Waals surface area (Å²) in [6, 6.07) is 10.3. The molecule has 32 heavy (non-hydrogen) atoms. The minimum Gasteiger partial charge on any atom is -0.497 e. The molecule has 3 N–H and O–H groups in total. The number of anilines is 1. The third kappa shape index (κ3) is 4.35. The van der Waals surface area contributed by atoms with Crippen LogP contribution in [0.5, 0.6) is 5.75 Å². The van der Waals surface area contributed by atoms with Gasteiger partial charge in [-0.25, -0.2) is 4.79 Å². The molecule has 170 valence electrons. The lowest BCUT2D eigenvalue weighted by molar-refractivity contribution is 0.195. The molecule has 2 aromatic carbocycles. The number of nitrogens with zero attached hydrogens (tertiary/aromatic N) is 3. The van der Waals surface area contributed by atoms with Crippen LogP contribution in [0.4, 0.5) is 10.5 Å². The number of aromatic nitrogens is 2. The number of hydrogen-bond donors (Lipinski definition) is 3. The molecule has 0 fully saturated rings. The number of amides is 1. The van der Waals surface area contributed by atoms with Crippen LogP contribution in [0, 0.1) is 0 Å². The molecule has 0 bridgehead atoms. The molecule has 0 unspecified atom stereocenters. The molecule has 1 aromatic heterocycles. The van der Waals surface area contributed by atoms with E-state index in [1.807, 2.05) is 12.1 Å². The fourth-order valence-electron chi connectivity index (χ4n) is 4.01. The summed E-state index contributed by atoms with van der Waals surface area (Å²) in [6.07, 6.45) is -1.02. The zero-order valence-electron chi connectivity index (χ0n) is 18.6. The second-order valence-corrected chi connectivity index (χ2v) is 8.61. The molecule has 1 aliphatic heterocycles. The van der Waals surface area contributed by atoms with Crippen LogP contribution >= 0.6 is 11.8 Å². The number of rotatable bonds is 10. The highest BCUT2D eigenvalue weighted by atomic mass is 32.2. The molecule has 9 heteroatoms. The Morgan fingerprint density at radius 2 is 2.03 bits per heavy atom. The van der Waals surface area contributed by atoms with Crippen LogP contribution in [-0.2, 0) is 6.54 Å². The van der Waals surface area contributed by atoms with Crippen LogP contribution in [-0.4, -0.2) is 65.7 Å². The number of methoxy groups -OCH3 is 1. The van der Waals surface area contributed by atoms with Gasteiger partial charge in [0, 0.05) is 46.1 Å². The number of ether oxygens (including phenoxy) is 1. The van der Waals surface area contributed by atoms with Crippen molar-refractivity contribution < 1.29 is 14.6 Å². The molecule has 2 heterocycles. The minimum atomic E-state index is -1.02. The maximum atomic E-state index is 10.7. The Kier molecular flexibility index (Phi) is 6.76. The van der Waals surface area contributed by atoms with Gasteiger partial charge in [0.05, 0.1) is 19.2 Å². The van der Waals surface area contributed by atoms with Gasteiger partial charge in [0.15, 0.2) is 0 Å². The largest absolute Gasteiger partial charge is 0.497 e. The molecule has 8 nitrogen and oxygen atoms in total. The number of fused-ring (bicyclic) bond motifs is 2. The molecular formula is C23H29N5O3S. The summed E-state index contributed by atoms with van der Waals surface area (Å²) in [7, 11) is 1.67. The van der Waals surface area contributed by atoms with E-state index >= 15 is 0 Å². The third-order valence-corrected chi connectivity index (χ3v) is 6.95. The fourth-order valence-corrected chi connectivity index (χ4v) is 5.23. The van der Waals surface area contributed by atoms with Crippen LogP contribution in [0.1, 0.15) is 13.8 Å².